The molecule has 3 N–H and O–H groups in total. The fraction of sp³-hybridized carbons (Fsp3) is 0.533. The van der Waals surface area contributed by atoms with Crippen LogP contribution in [-0.2, 0) is 4.79 Å². The van der Waals surface area contributed by atoms with Crippen LogP contribution in [0, 0.1) is 0 Å². The second-order valence-electron chi connectivity index (χ2n) is 4.84. The normalized spacial score (nSPS) is 12.2. The van der Waals surface area contributed by atoms with Crippen LogP contribution in [0.2, 0.25) is 0 Å². The van der Waals surface area contributed by atoms with E-state index in [1.54, 1.807) is 24.1 Å². The van der Waals surface area contributed by atoms with Crippen molar-refractivity contribution in [2.75, 3.05) is 13.6 Å². The molecule has 0 aliphatic rings. The van der Waals surface area contributed by atoms with Crippen molar-refractivity contribution >= 4 is 5.91 Å². The minimum atomic E-state index is -0.122. The van der Waals surface area contributed by atoms with Crippen molar-refractivity contribution in [3.8, 4) is 5.75 Å². The quantitative estimate of drug-likeness (QED) is 0.743. The van der Waals surface area contributed by atoms with Gasteiger partial charge >= 0.3 is 0 Å². The molecule has 0 aromatic heterocycles. The zero-order chi connectivity index (χ0) is 14.3. The molecule has 1 aromatic rings. The predicted octanol–water partition coefficient (Wildman–Crippen LogP) is 2.43. The summed E-state index contributed by atoms with van der Waals surface area (Å²) < 4.78 is 0. The first kappa shape index (κ1) is 15.5. The fourth-order valence-corrected chi connectivity index (χ4v) is 2.04. The number of nitrogens with two attached hydrogens (primary N) is 1. The van der Waals surface area contributed by atoms with Crippen molar-refractivity contribution in [3.05, 3.63) is 29.8 Å². The van der Waals surface area contributed by atoms with E-state index in [1.165, 1.54) is 0 Å². The number of benzene rings is 1. The van der Waals surface area contributed by atoms with E-state index in [0.717, 1.165) is 24.8 Å². The second-order valence-corrected chi connectivity index (χ2v) is 4.84. The van der Waals surface area contributed by atoms with E-state index in [9.17, 15) is 9.90 Å². The van der Waals surface area contributed by atoms with E-state index in [1.807, 2.05) is 19.1 Å². The number of phenolic OH excluding ortho intramolecular Hbond substituents is 1. The maximum Gasteiger partial charge on any atom is 0.222 e. The molecule has 0 fully saturated rings. The molecular formula is C15H24N2O2. The lowest BCUT2D eigenvalue weighted by Crippen LogP contribution is -2.29. The Kier molecular flexibility index (Phi) is 6.36. The Morgan fingerprint density at radius 1 is 1.32 bits per heavy atom. The van der Waals surface area contributed by atoms with Gasteiger partial charge in [-0.1, -0.05) is 24.6 Å². The van der Waals surface area contributed by atoms with Gasteiger partial charge in [-0.15, -0.1) is 0 Å². The van der Waals surface area contributed by atoms with E-state index in [0.29, 0.717) is 13.0 Å². The first-order chi connectivity index (χ1) is 9.07. The molecule has 1 aromatic carbocycles. The predicted molar refractivity (Wildman–Crippen MR) is 76.8 cm³/mol. The highest BCUT2D eigenvalue weighted by Gasteiger charge is 2.18. The number of rotatable bonds is 7. The monoisotopic (exact) mass is 264 g/mol. The van der Waals surface area contributed by atoms with Gasteiger partial charge in [0.1, 0.15) is 5.75 Å². The Hall–Kier alpha value is -1.55. The van der Waals surface area contributed by atoms with Crippen molar-refractivity contribution in [1.29, 1.82) is 0 Å². The number of carbonyl (C=O) groups is 1. The summed E-state index contributed by atoms with van der Waals surface area (Å²) in [5.41, 5.74) is 6.20. The summed E-state index contributed by atoms with van der Waals surface area (Å²) in [5, 5.41) is 9.81. The number of nitrogens with zero attached hydrogens (tertiary/aromatic N) is 1. The standard InChI is InChI=1S/C15H24N2O2/c1-12(13-8-5-6-9-14(13)18)17(2)15(19)10-4-3-7-11-16/h5-6,8-9,12,18H,3-4,7,10-11,16H2,1-2H3. The van der Waals surface area contributed by atoms with Crippen LogP contribution < -0.4 is 5.73 Å². The minimum absolute atomic E-state index is 0.104. The number of carbonyl (C=O) groups excluding carboxylic acids is 1. The zero-order valence-electron chi connectivity index (χ0n) is 11.8. The van der Waals surface area contributed by atoms with E-state index < -0.39 is 0 Å². The molecule has 0 saturated carbocycles. The zero-order valence-corrected chi connectivity index (χ0v) is 11.8. The number of aromatic hydroxyl groups is 1. The van der Waals surface area contributed by atoms with Crippen LogP contribution >= 0.6 is 0 Å². The summed E-state index contributed by atoms with van der Waals surface area (Å²) in [6, 6.07) is 7.01. The maximum absolute atomic E-state index is 12.0. The molecule has 0 spiro atoms. The molecule has 0 aliphatic carbocycles. The highest BCUT2D eigenvalue weighted by Crippen LogP contribution is 2.27. The molecule has 0 aliphatic heterocycles. The van der Waals surface area contributed by atoms with E-state index in [2.05, 4.69) is 0 Å². The highest BCUT2D eigenvalue weighted by atomic mass is 16.3. The van der Waals surface area contributed by atoms with Crippen LogP contribution in [0.15, 0.2) is 24.3 Å². The van der Waals surface area contributed by atoms with Gasteiger partial charge in [-0.3, -0.25) is 4.79 Å². The molecule has 0 radical (unpaired) electrons. The maximum atomic E-state index is 12.0. The first-order valence-electron chi connectivity index (χ1n) is 6.81. The van der Waals surface area contributed by atoms with Crippen molar-refractivity contribution in [2.45, 2.75) is 38.6 Å². The van der Waals surface area contributed by atoms with Gasteiger partial charge in [-0.25, -0.2) is 0 Å². The Morgan fingerprint density at radius 3 is 2.63 bits per heavy atom. The van der Waals surface area contributed by atoms with Crippen LogP contribution in [0.1, 0.15) is 44.2 Å². The lowest BCUT2D eigenvalue weighted by molar-refractivity contribution is -0.131. The third-order valence-electron chi connectivity index (χ3n) is 3.46. The van der Waals surface area contributed by atoms with E-state index in [-0.39, 0.29) is 17.7 Å². The fourth-order valence-electron chi connectivity index (χ4n) is 2.04. The lowest BCUT2D eigenvalue weighted by atomic mass is 10.1. The van der Waals surface area contributed by atoms with Gasteiger partial charge in [0, 0.05) is 19.0 Å². The van der Waals surface area contributed by atoms with Gasteiger partial charge in [0.2, 0.25) is 5.91 Å². The Morgan fingerprint density at radius 2 is 2.00 bits per heavy atom. The molecule has 106 valence electrons. The van der Waals surface area contributed by atoms with Gasteiger partial charge < -0.3 is 15.7 Å². The lowest BCUT2D eigenvalue weighted by Gasteiger charge is -2.26. The average molecular weight is 264 g/mol. The van der Waals surface area contributed by atoms with Gasteiger partial charge in [0.15, 0.2) is 0 Å². The minimum Gasteiger partial charge on any atom is -0.508 e. The Balaban J connectivity index is 2.54. The van der Waals surface area contributed by atoms with Gasteiger partial charge in [-0.05, 0) is 32.4 Å². The van der Waals surface area contributed by atoms with Crippen LogP contribution in [0.25, 0.3) is 0 Å². The van der Waals surface area contributed by atoms with Gasteiger partial charge in [-0.2, -0.15) is 0 Å². The summed E-state index contributed by atoms with van der Waals surface area (Å²) >= 11 is 0. The third-order valence-corrected chi connectivity index (χ3v) is 3.46. The number of hydrogen-bond donors (Lipinski definition) is 2. The van der Waals surface area contributed by atoms with Crippen molar-refractivity contribution in [3.63, 3.8) is 0 Å². The van der Waals surface area contributed by atoms with Gasteiger partial charge in [0.05, 0.1) is 6.04 Å². The number of amides is 1. The molecule has 1 amide bonds. The van der Waals surface area contributed by atoms with Crippen LogP contribution in [0.4, 0.5) is 0 Å². The summed E-state index contributed by atoms with van der Waals surface area (Å²) in [5.74, 6) is 0.338. The van der Waals surface area contributed by atoms with Crippen molar-refractivity contribution in [2.24, 2.45) is 5.73 Å². The molecule has 1 rings (SSSR count). The Bertz CT molecular complexity index is 407. The molecule has 0 heterocycles. The molecule has 19 heavy (non-hydrogen) atoms. The number of phenols is 1. The van der Waals surface area contributed by atoms with Gasteiger partial charge in [0.25, 0.3) is 0 Å². The summed E-state index contributed by atoms with van der Waals surface area (Å²) in [6.45, 7) is 2.60. The summed E-state index contributed by atoms with van der Waals surface area (Å²) in [6.07, 6.45) is 3.36. The topological polar surface area (TPSA) is 66.6 Å². The summed E-state index contributed by atoms with van der Waals surface area (Å²) in [7, 11) is 1.78. The molecule has 0 bridgehead atoms. The van der Waals surface area contributed by atoms with Crippen LogP contribution in [0.5, 0.6) is 5.75 Å². The summed E-state index contributed by atoms with van der Waals surface area (Å²) in [4.78, 5) is 13.7. The van der Waals surface area contributed by atoms with E-state index >= 15 is 0 Å². The molecule has 1 atom stereocenters. The first-order valence-corrected chi connectivity index (χ1v) is 6.81. The highest BCUT2D eigenvalue weighted by molar-refractivity contribution is 5.76. The van der Waals surface area contributed by atoms with Crippen molar-refractivity contribution < 1.29 is 9.90 Å². The van der Waals surface area contributed by atoms with E-state index in [4.69, 9.17) is 5.73 Å². The third kappa shape index (κ3) is 4.56. The number of unbranched alkanes of at least 4 members (excludes halogenated alkanes) is 2. The molecule has 4 nitrogen and oxygen atoms in total. The second kappa shape index (κ2) is 7.79. The molecule has 0 saturated heterocycles. The number of para-hydroxylation sites is 1. The van der Waals surface area contributed by atoms with Crippen LogP contribution in [0.3, 0.4) is 0 Å². The van der Waals surface area contributed by atoms with Crippen molar-refractivity contribution in [1.82, 2.24) is 4.90 Å². The largest absolute Gasteiger partial charge is 0.508 e. The Labute approximate surface area is 115 Å². The number of hydrogen-bond acceptors (Lipinski definition) is 3. The average Bonchev–Trinajstić information content (AvgIpc) is 2.42. The molecule has 4 heteroatoms. The molecule has 1 unspecified atom stereocenters. The smallest absolute Gasteiger partial charge is 0.222 e. The SMILES string of the molecule is CC(c1ccccc1O)N(C)C(=O)CCCCCN. The molecular weight excluding hydrogens is 240 g/mol. The van der Waals surface area contributed by atoms with Crippen LogP contribution in [-0.4, -0.2) is 29.5 Å².